The highest BCUT2D eigenvalue weighted by atomic mass is 16.6. The lowest BCUT2D eigenvalue weighted by molar-refractivity contribution is -0.143. The number of nitrogens with zero attached hydrogens (tertiary/aromatic N) is 1. The molecule has 3 N–H and O–H groups in total. The molecule has 9 nitrogen and oxygen atoms in total. The van der Waals surface area contributed by atoms with Crippen LogP contribution >= 0.6 is 0 Å². The molecule has 2 fully saturated rings. The van der Waals surface area contributed by atoms with E-state index in [4.69, 9.17) is 9.47 Å². The number of carboxylic acid groups (broad SMARTS) is 1. The predicted molar refractivity (Wildman–Crippen MR) is 161 cm³/mol. The van der Waals surface area contributed by atoms with E-state index in [0.29, 0.717) is 19.4 Å². The van der Waals surface area contributed by atoms with Crippen molar-refractivity contribution in [3.63, 3.8) is 0 Å². The number of aliphatic carboxylic acids is 1. The van der Waals surface area contributed by atoms with Crippen LogP contribution in [0.3, 0.4) is 0 Å². The standard InChI is InChI=1S/C20H30N2O6.C12H23N/c1-20(2,3)28-19(26)22(4)16(17(23)24)12-8-9-13-21-18(25)27-14-15-10-6-5-7-11-15;1-3-7-11(8-4-1)13-12-9-5-2-6-10-12/h5-7,10-11,16H,8-9,12-14H2,1-4H3,(H,21,25)(H,23,24);11-13H,1-10H2/t16-;/m0./s1. The Kier molecular flexibility index (Phi) is 15.6. The van der Waals surface area contributed by atoms with Crippen molar-refractivity contribution >= 4 is 18.2 Å². The second kappa shape index (κ2) is 18.6. The van der Waals surface area contributed by atoms with E-state index in [1.165, 1.54) is 71.3 Å². The van der Waals surface area contributed by atoms with Gasteiger partial charge in [0, 0.05) is 25.7 Å². The average molecular weight is 576 g/mol. The molecule has 9 heteroatoms. The summed E-state index contributed by atoms with van der Waals surface area (Å²) in [5.41, 5.74) is 0.199. The fourth-order valence-corrected chi connectivity index (χ4v) is 5.24. The number of carbonyl (C=O) groups excluding carboxylic acids is 2. The fourth-order valence-electron chi connectivity index (χ4n) is 5.24. The molecule has 2 saturated carbocycles. The Morgan fingerprint density at radius 3 is 2.00 bits per heavy atom. The first-order valence-corrected chi connectivity index (χ1v) is 15.4. The van der Waals surface area contributed by atoms with Gasteiger partial charge in [-0.05, 0) is 71.3 Å². The van der Waals surface area contributed by atoms with Crippen molar-refractivity contribution < 1.29 is 29.0 Å². The minimum atomic E-state index is -1.09. The van der Waals surface area contributed by atoms with Crippen LogP contribution in [0.15, 0.2) is 30.3 Å². The molecule has 0 unspecified atom stereocenters. The lowest BCUT2D eigenvalue weighted by atomic mass is 9.91. The van der Waals surface area contributed by atoms with Gasteiger partial charge in [-0.1, -0.05) is 68.9 Å². The Hall–Kier alpha value is -2.81. The van der Waals surface area contributed by atoms with Gasteiger partial charge in [0.1, 0.15) is 18.2 Å². The molecule has 0 heterocycles. The van der Waals surface area contributed by atoms with E-state index in [1.807, 2.05) is 30.3 Å². The zero-order valence-corrected chi connectivity index (χ0v) is 25.7. The molecule has 1 aromatic carbocycles. The van der Waals surface area contributed by atoms with Gasteiger partial charge < -0.3 is 25.2 Å². The smallest absolute Gasteiger partial charge is 0.410 e. The number of carbonyl (C=O) groups is 3. The predicted octanol–water partition coefficient (Wildman–Crippen LogP) is 6.64. The molecule has 2 aliphatic carbocycles. The zero-order chi connectivity index (χ0) is 30.1. The van der Waals surface area contributed by atoms with Crippen LogP contribution < -0.4 is 10.6 Å². The van der Waals surface area contributed by atoms with Crippen molar-refractivity contribution in [1.82, 2.24) is 15.5 Å². The van der Waals surface area contributed by atoms with Crippen LogP contribution in [0, 0.1) is 0 Å². The number of likely N-dealkylation sites (N-methyl/N-ethyl adjacent to an activating group) is 1. The summed E-state index contributed by atoms with van der Waals surface area (Å²) in [7, 11) is 1.41. The summed E-state index contributed by atoms with van der Waals surface area (Å²) < 4.78 is 10.3. The SMILES string of the molecule is C1CCC(NC2CCCCC2)CC1.CN(C(=O)OC(C)(C)C)[C@@H](CCCCNC(=O)OCc1ccccc1)C(=O)O. The Bertz CT molecular complexity index is 876. The molecule has 232 valence electrons. The Morgan fingerprint density at radius 1 is 0.927 bits per heavy atom. The van der Waals surface area contributed by atoms with Gasteiger partial charge in [0.2, 0.25) is 0 Å². The lowest BCUT2D eigenvalue weighted by Gasteiger charge is -2.30. The lowest BCUT2D eigenvalue weighted by Crippen LogP contribution is -2.44. The summed E-state index contributed by atoms with van der Waals surface area (Å²) in [6, 6.07) is 10.1. The Morgan fingerprint density at radius 2 is 1.49 bits per heavy atom. The molecule has 3 rings (SSSR count). The number of alkyl carbamates (subject to hydrolysis) is 1. The molecule has 0 radical (unpaired) electrons. The number of nitrogens with one attached hydrogen (secondary N) is 2. The van der Waals surface area contributed by atoms with Crippen LogP contribution in [0.2, 0.25) is 0 Å². The van der Waals surface area contributed by atoms with Gasteiger partial charge in [0.25, 0.3) is 0 Å². The summed E-state index contributed by atoms with van der Waals surface area (Å²) in [4.78, 5) is 36.2. The van der Waals surface area contributed by atoms with Gasteiger partial charge in [-0.25, -0.2) is 14.4 Å². The molecule has 41 heavy (non-hydrogen) atoms. The van der Waals surface area contributed by atoms with Crippen molar-refractivity contribution in [1.29, 1.82) is 0 Å². The summed E-state index contributed by atoms with van der Waals surface area (Å²) in [6.45, 7) is 5.70. The molecular weight excluding hydrogens is 522 g/mol. The molecule has 2 amide bonds. The number of hydrogen-bond acceptors (Lipinski definition) is 6. The van der Waals surface area contributed by atoms with Crippen molar-refractivity contribution in [2.75, 3.05) is 13.6 Å². The van der Waals surface area contributed by atoms with Crippen LogP contribution in [0.5, 0.6) is 0 Å². The summed E-state index contributed by atoms with van der Waals surface area (Å²) in [6.07, 6.45) is 14.7. The Labute approximate surface area is 246 Å². The monoisotopic (exact) mass is 575 g/mol. The van der Waals surface area contributed by atoms with E-state index >= 15 is 0 Å². The number of unbranched alkanes of at least 4 members (excludes halogenated alkanes) is 1. The molecule has 0 bridgehead atoms. The molecule has 0 aliphatic heterocycles. The minimum Gasteiger partial charge on any atom is -0.480 e. The van der Waals surface area contributed by atoms with Crippen molar-refractivity contribution in [3.05, 3.63) is 35.9 Å². The maximum absolute atomic E-state index is 12.0. The number of hydrogen-bond donors (Lipinski definition) is 3. The van der Waals surface area contributed by atoms with Gasteiger partial charge in [-0.2, -0.15) is 0 Å². The molecule has 0 aromatic heterocycles. The van der Waals surface area contributed by atoms with Crippen molar-refractivity contribution in [2.24, 2.45) is 0 Å². The highest BCUT2D eigenvalue weighted by molar-refractivity contribution is 5.79. The van der Waals surface area contributed by atoms with Crippen LogP contribution in [0.25, 0.3) is 0 Å². The average Bonchev–Trinajstić information content (AvgIpc) is 2.94. The number of rotatable bonds is 11. The van der Waals surface area contributed by atoms with Crippen LogP contribution in [-0.4, -0.2) is 65.5 Å². The fraction of sp³-hybridized carbons (Fsp3) is 0.719. The number of carboxylic acids is 1. The largest absolute Gasteiger partial charge is 0.480 e. The second-order valence-corrected chi connectivity index (χ2v) is 12.3. The zero-order valence-electron chi connectivity index (χ0n) is 25.7. The normalized spacial score (nSPS) is 17.0. The van der Waals surface area contributed by atoms with Crippen molar-refractivity contribution in [2.45, 2.75) is 135 Å². The van der Waals surface area contributed by atoms with E-state index in [1.54, 1.807) is 20.8 Å². The highest BCUT2D eigenvalue weighted by Crippen LogP contribution is 2.22. The first-order chi connectivity index (χ1) is 19.5. The number of amides is 2. The first kappa shape index (κ1) is 34.4. The topological polar surface area (TPSA) is 117 Å². The minimum absolute atomic E-state index is 0.189. The van der Waals surface area contributed by atoms with Crippen molar-refractivity contribution in [3.8, 4) is 0 Å². The van der Waals surface area contributed by atoms with Gasteiger partial charge in [0.15, 0.2) is 0 Å². The molecule has 0 saturated heterocycles. The first-order valence-electron chi connectivity index (χ1n) is 15.4. The van der Waals surface area contributed by atoms with E-state index in [2.05, 4.69) is 10.6 Å². The summed E-state index contributed by atoms with van der Waals surface area (Å²) in [5.74, 6) is -1.09. The molecule has 0 spiro atoms. The molecule has 1 atom stereocenters. The molecule has 2 aliphatic rings. The van der Waals surface area contributed by atoms with E-state index < -0.39 is 29.8 Å². The third-order valence-corrected chi connectivity index (χ3v) is 7.50. The Balaban J connectivity index is 0.000000372. The van der Waals surface area contributed by atoms with Gasteiger partial charge in [-0.3, -0.25) is 4.90 Å². The second-order valence-electron chi connectivity index (χ2n) is 12.3. The quantitative estimate of drug-likeness (QED) is 0.253. The summed E-state index contributed by atoms with van der Waals surface area (Å²) >= 11 is 0. The summed E-state index contributed by atoms with van der Waals surface area (Å²) in [5, 5.41) is 15.9. The maximum Gasteiger partial charge on any atom is 0.410 e. The van der Waals surface area contributed by atoms with Crippen LogP contribution in [0.1, 0.15) is 110 Å². The maximum atomic E-state index is 12.0. The van der Waals surface area contributed by atoms with Gasteiger partial charge in [0.05, 0.1) is 0 Å². The van der Waals surface area contributed by atoms with Crippen LogP contribution in [0.4, 0.5) is 9.59 Å². The third-order valence-electron chi connectivity index (χ3n) is 7.50. The molecular formula is C32H53N3O6. The van der Waals surface area contributed by atoms with E-state index in [-0.39, 0.29) is 13.0 Å². The number of benzene rings is 1. The molecule has 1 aromatic rings. The van der Waals surface area contributed by atoms with Crippen LogP contribution in [-0.2, 0) is 20.9 Å². The third kappa shape index (κ3) is 15.1. The highest BCUT2D eigenvalue weighted by Gasteiger charge is 2.29. The van der Waals surface area contributed by atoms with E-state index in [9.17, 15) is 19.5 Å². The van der Waals surface area contributed by atoms with Gasteiger partial charge in [-0.15, -0.1) is 0 Å². The van der Waals surface area contributed by atoms with E-state index in [0.717, 1.165) is 22.5 Å². The number of ether oxygens (including phenoxy) is 2. The van der Waals surface area contributed by atoms with Gasteiger partial charge >= 0.3 is 18.2 Å².